The van der Waals surface area contributed by atoms with Crippen molar-refractivity contribution in [3.8, 4) is 0 Å². The molecule has 6 heteroatoms. The van der Waals surface area contributed by atoms with Crippen molar-refractivity contribution < 1.29 is 9.18 Å². The minimum Gasteiger partial charge on any atom is -0.356 e. The van der Waals surface area contributed by atoms with Crippen molar-refractivity contribution in [1.29, 1.82) is 0 Å². The minimum absolute atomic E-state index is 0.164. The topological polar surface area (TPSA) is 50.2 Å². The highest BCUT2D eigenvalue weighted by molar-refractivity contribution is 6.06. The van der Waals surface area contributed by atoms with Crippen molar-refractivity contribution in [3.05, 3.63) is 41.5 Å². The quantitative estimate of drug-likeness (QED) is 0.873. The van der Waals surface area contributed by atoms with E-state index in [1.165, 1.54) is 12.1 Å². The lowest BCUT2D eigenvalue weighted by molar-refractivity contribution is 0.0985. The van der Waals surface area contributed by atoms with E-state index in [0.717, 1.165) is 37.4 Å². The Bertz CT molecular complexity index is 701. The van der Waals surface area contributed by atoms with Gasteiger partial charge in [-0.1, -0.05) is 6.07 Å². The average Bonchev–Trinajstić information content (AvgIpc) is 3.09. The van der Waals surface area contributed by atoms with E-state index < -0.39 is 0 Å². The van der Waals surface area contributed by atoms with Crippen LogP contribution in [0.2, 0.25) is 0 Å². The first-order valence-corrected chi connectivity index (χ1v) is 7.14. The molecule has 2 aliphatic rings. The molecular formula is C15H15FN4O. The Kier molecular flexibility index (Phi) is 2.70. The van der Waals surface area contributed by atoms with Crippen molar-refractivity contribution in [1.82, 2.24) is 9.55 Å². The second-order valence-electron chi connectivity index (χ2n) is 5.40. The monoisotopic (exact) mass is 286 g/mol. The third-order valence-corrected chi connectivity index (χ3v) is 4.04. The number of amides is 1. The molecule has 21 heavy (non-hydrogen) atoms. The van der Waals surface area contributed by atoms with Crippen LogP contribution >= 0.6 is 0 Å². The largest absolute Gasteiger partial charge is 0.356 e. The maximum Gasteiger partial charge on any atom is 0.278 e. The van der Waals surface area contributed by atoms with Crippen LogP contribution in [0.3, 0.4) is 0 Å². The molecule has 1 aromatic carbocycles. The van der Waals surface area contributed by atoms with Crippen LogP contribution in [0.15, 0.2) is 24.4 Å². The Morgan fingerprint density at radius 3 is 3.10 bits per heavy atom. The van der Waals surface area contributed by atoms with Gasteiger partial charge in [-0.2, -0.15) is 0 Å². The number of benzene rings is 1. The van der Waals surface area contributed by atoms with Crippen molar-refractivity contribution in [2.45, 2.75) is 19.4 Å². The highest BCUT2D eigenvalue weighted by Crippen LogP contribution is 2.30. The number of hydrogen-bond donors (Lipinski definition) is 1. The van der Waals surface area contributed by atoms with Gasteiger partial charge in [0.1, 0.15) is 11.5 Å². The molecule has 5 nitrogen and oxygen atoms in total. The van der Waals surface area contributed by atoms with E-state index in [0.29, 0.717) is 17.9 Å². The molecule has 0 radical (unpaired) electrons. The molecule has 3 heterocycles. The second kappa shape index (κ2) is 4.58. The fraction of sp³-hybridized carbons (Fsp3) is 0.333. The Morgan fingerprint density at radius 1 is 1.33 bits per heavy atom. The summed E-state index contributed by atoms with van der Waals surface area (Å²) in [4.78, 5) is 18.6. The van der Waals surface area contributed by atoms with Gasteiger partial charge in [-0.3, -0.25) is 4.79 Å². The number of nitrogens with one attached hydrogen (secondary N) is 1. The third kappa shape index (κ3) is 1.98. The Labute approximate surface area is 121 Å². The standard InChI is InChI=1S/C15H15FN4O/c16-11-3-2-10-4-7-20(13(10)8-11)14(21)12-9-19-6-1-5-17-15(19)18-12/h2-3,8-9H,1,4-7H2,(H,17,18). The summed E-state index contributed by atoms with van der Waals surface area (Å²) >= 11 is 0. The van der Waals surface area contributed by atoms with Crippen molar-refractivity contribution in [2.75, 3.05) is 23.3 Å². The van der Waals surface area contributed by atoms with Gasteiger partial charge in [0.15, 0.2) is 0 Å². The predicted molar refractivity (Wildman–Crippen MR) is 77.1 cm³/mol. The van der Waals surface area contributed by atoms with E-state index in [4.69, 9.17) is 0 Å². The highest BCUT2D eigenvalue weighted by Gasteiger charge is 2.28. The summed E-state index contributed by atoms with van der Waals surface area (Å²) in [6.07, 6.45) is 3.56. The number of anilines is 2. The first-order chi connectivity index (χ1) is 10.2. The van der Waals surface area contributed by atoms with E-state index >= 15 is 0 Å². The van der Waals surface area contributed by atoms with E-state index in [2.05, 4.69) is 10.3 Å². The van der Waals surface area contributed by atoms with E-state index in [1.54, 1.807) is 17.2 Å². The average molecular weight is 286 g/mol. The van der Waals surface area contributed by atoms with Crippen LogP contribution in [-0.4, -0.2) is 28.5 Å². The molecule has 0 unspecified atom stereocenters. The van der Waals surface area contributed by atoms with Gasteiger partial charge in [-0.15, -0.1) is 0 Å². The van der Waals surface area contributed by atoms with Crippen molar-refractivity contribution in [2.24, 2.45) is 0 Å². The van der Waals surface area contributed by atoms with Gasteiger partial charge in [-0.05, 0) is 30.5 Å². The molecule has 108 valence electrons. The number of nitrogens with zero attached hydrogens (tertiary/aromatic N) is 3. The normalized spacial score (nSPS) is 16.3. The summed E-state index contributed by atoms with van der Waals surface area (Å²) < 4.78 is 15.4. The molecule has 0 aliphatic carbocycles. The Hall–Kier alpha value is -2.37. The highest BCUT2D eigenvalue weighted by atomic mass is 19.1. The summed E-state index contributed by atoms with van der Waals surface area (Å²) in [5.41, 5.74) is 2.09. The zero-order chi connectivity index (χ0) is 14.4. The first kappa shape index (κ1) is 12.4. The number of carbonyl (C=O) groups excluding carboxylic acids is 1. The van der Waals surface area contributed by atoms with Crippen LogP contribution in [0.4, 0.5) is 16.0 Å². The molecule has 0 atom stereocenters. The summed E-state index contributed by atoms with van der Waals surface area (Å²) in [6.45, 7) is 2.32. The predicted octanol–water partition coefficient (Wildman–Crippen LogP) is 2.04. The number of rotatable bonds is 1. The molecule has 0 saturated heterocycles. The summed E-state index contributed by atoms with van der Waals surface area (Å²) in [5.74, 6) is 0.255. The molecular weight excluding hydrogens is 271 g/mol. The third-order valence-electron chi connectivity index (χ3n) is 4.04. The molecule has 0 spiro atoms. The van der Waals surface area contributed by atoms with Gasteiger partial charge in [0.25, 0.3) is 5.91 Å². The maximum absolute atomic E-state index is 13.4. The van der Waals surface area contributed by atoms with Crippen LogP contribution in [0.5, 0.6) is 0 Å². The second-order valence-corrected chi connectivity index (χ2v) is 5.40. The number of imidazole rings is 1. The lowest BCUT2D eigenvalue weighted by atomic mass is 10.2. The zero-order valence-corrected chi connectivity index (χ0v) is 11.5. The smallest absolute Gasteiger partial charge is 0.278 e. The van der Waals surface area contributed by atoms with E-state index in [1.807, 2.05) is 4.57 Å². The van der Waals surface area contributed by atoms with E-state index in [-0.39, 0.29) is 11.7 Å². The summed E-state index contributed by atoms with van der Waals surface area (Å²) in [5, 5.41) is 3.18. The molecule has 4 rings (SSSR count). The fourth-order valence-corrected chi connectivity index (χ4v) is 2.98. The first-order valence-electron chi connectivity index (χ1n) is 7.14. The number of carbonyl (C=O) groups is 1. The number of aromatic nitrogens is 2. The van der Waals surface area contributed by atoms with Gasteiger partial charge >= 0.3 is 0 Å². The van der Waals surface area contributed by atoms with Gasteiger partial charge in [0.2, 0.25) is 5.95 Å². The van der Waals surface area contributed by atoms with Gasteiger partial charge in [0.05, 0.1) is 5.69 Å². The number of fused-ring (bicyclic) bond motifs is 2. The fourth-order valence-electron chi connectivity index (χ4n) is 2.98. The lowest BCUT2D eigenvalue weighted by Gasteiger charge is -2.15. The summed E-state index contributed by atoms with van der Waals surface area (Å²) in [6, 6.07) is 4.61. The van der Waals surface area contributed by atoms with Crippen LogP contribution < -0.4 is 10.2 Å². The number of aryl methyl sites for hydroxylation is 1. The van der Waals surface area contributed by atoms with Crippen molar-refractivity contribution in [3.63, 3.8) is 0 Å². The molecule has 0 fully saturated rings. The van der Waals surface area contributed by atoms with Crippen LogP contribution in [0.1, 0.15) is 22.5 Å². The molecule has 0 bridgehead atoms. The zero-order valence-electron chi connectivity index (χ0n) is 11.5. The van der Waals surface area contributed by atoms with E-state index in [9.17, 15) is 9.18 Å². The Balaban J connectivity index is 1.67. The number of hydrogen-bond acceptors (Lipinski definition) is 3. The maximum atomic E-state index is 13.4. The summed E-state index contributed by atoms with van der Waals surface area (Å²) in [7, 11) is 0. The Morgan fingerprint density at radius 2 is 2.24 bits per heavy atom. The van der Waals surface area contributed by atoms with Gasteiger partial charge in [0, 0.05) is 25.8 Å². The molecule has 0 saturated carbocycles. The SMILES string of the molecule is O=C(c1cn2c(n1)NCCC2)N1CCc2ccc(F)cc21. The van der Waals surface area contributed by atoms with Crippen LogP contribution in [0, 0.1) is 5.82 Å². The van der Waals surface area contributed by atoms with Gasteiger partial charge < -0.3 is 14.8 Å². The molecule has 1 N–H and O–H groups in total. The van der Waals surface area contributed by atoms with Crippen LogP contribution in [0.25, 0.3) is 0 Å². The number of halogens is 1. The van der Waals surface area contributed by atoms with Gasteiger partial charge in [-0.25, -0.2) is 9.37 Å². The molecule has 2 aromatic rings. The molecule has 1 aromatic heterocycles. The van der Waals surface area contributed by atoms with Crippen LogP contribution in [-0.2, 0) is 13.0 Å². The van der Waals surface area contributed by atoms with Crippen molar-refractivity contribution >= 4 is 17.5 Å². The molecule has 1 amide bonds. The lowest BCUT2D eigenvalue weighted by Crippen LogP contribution is -2.29. The molecule has 2 aliphatic heterocycles. The minimum atomic E-state index is -0.320.